The summed E-state index contributed by atoms with van der Waals surface area (Å²) in [5.74, 6) is -0.152. The number of nitrogens with two attached hydrogens (primary N) is 1. The van der Waals surface area contributed by atoms with Gasteiger partial charge < -0.3 is 11.1 Å². The Morgan fingerprint density at radius 2 is 1.76 bits per heavy atom. The third-order valence-electron chi connectivity index (χ3n) is 3.36. The highest BCUT2D eigenvalue weighted by molar-refractivity contribution is 6.30. The number of hydrogen-bond donors (Lipinski definition) is 2. The molecule has 0 aromatic heterocycles. The summed E-state index contributed by atoms with van der Waals surface area (Å²) in [6.07, 6.45) is 0.528. The van der Waals surface area contributed by atoms with Crippen molar-refractivity contribution in [2.75, 3.05) is 0 Å². The van der Waals surface area contributed by atoms with Crippen LogP contribution in [0.3, 0.4) is 0 Å². The van der Waals surface area contributed by atoms with E-state index in [2.05, 4.69) is 5.32 Å². The molecule has 1 amide bonds. The van der Waals surface area contributed by atoms with E-state index in [-0.39, 0.29) is 11.9 Å². The maximum Gasteiger partial charge on any atom is 0.237 e. The van der Waals surface area contributed by atoms with Crippen LogP contribution in [0.4, 0.5) is 0 Å². The Bertz CT molecular complexity index is 583. The van der Waals surface area contributed by atoms with Crippen molar-refractivity contribution in [3.8, 4) is 0 Å². The molecule has 0 saturated heterocycles. The molecule has 1 unspecified atom stereocenters. The van der Waals surface area contributed by atoms with Crippen LogP contribution in [-0.4, -0.2) is 11.9 Å². The average molecular weight is 303 g/mol. The standard InChI is InChI=1S/C17H19ClN2O/c1-12(14-7-9-15(18)10-8-14)20-17(21)16(19)11-13-5-3-2-4-6-13/h2-10,12,16H,11,19H2,1H3,(H,20,21)/t12?,16-/m0/s1. The van der Waals surface area contributed by atoms with Gasteiger partial charge in [0, 0.05) is 5.02 Å². The SMILES string of the molecule is CC(NC(=O)[C@@H](N)Cc1ccccc1)c1ccc(Cl)cc1. The topological polar surface area (TPSA) is 55.1 Å². The number of halogens is 1. The quantitative estimate of drug-likeness (QED) is 0.892. The molecule has 110 valence electrons. The minimum absolute atomic E-state index is 0.100. The largest absolute Gasteiger partial charge is 0.348 e. The van der Waals surface area contributed by atoms with Gasteiger partial charge >= 0.3 is 0 Å². The van der Waals surface area contributed by atoms with E-state index in [1.54, 1.807) is 0 Å². The second-order valence-corrected chi connectivity index (χ2v) is 5.51. The molecule has 0 saturated carbocycles. The van der Waals surface area contributed by atoms with Crippen molar-refractivity contribution >= 4 is 17.5 Å². The fourth-order valence-corrected chi connectivity index (χ4v) is 2.24. The molecule has 3 nitrogen and oxygen atoms in total. The Kier molecular flexibility index (Phi) is 5.37. The maximum absolute atomic E-state index is 12.1. The van der Waals surface area contributed by atoms with E-state index in [1.807, 2.05) is 61.5 Å². The van der Waals surface area contributed by atoms with Crippen LogP contribution in [0, 0.1) is 0 Å². The van der Waals surface area contributed by atoms with E-state index >= 15 is 0 Å². The molecule has 4 heteroatoms. The third-order valence-corrected chi connectivity index (χ3v) is 3.62. The Balaban J connectivity index is 1.92. The Morgan fingerprint density at radius 1 is 1.14 bits per heavy atom. The maximum atomic E-state index is 12.1. The van der Waals surface area contributed by atoms with Crippen LogP contribution in [0.5, 0.6) is 0 Å². The molecule has 0 fully saturated rings. The van der Waals surface area contributed by atoms with Gasteiger partial charge in [0.1, 0.15) is 0 Å². The van der Waals surface area contributed by atoms with Gasteiger partial charge in [0.25, 0.3) is 0 Å². The molecule has 0 aliphatic carbocycles. The first kappa shape index (κ1) is 15.5. The fourth-order valence-electron chi connectivity index (χ4n) is 2.12. The number of carbonyl (C=O) groups is 1. The summed E-state index contributed by atoms with van der Waals surface area (Å²) in [5.41, 5.74) is 8.02. The van der Waals surface area contributed by atoms with E-state index < -0.39 is 6.04 Å². The smallest absolute Gasteiger partial charge is 0.237 e. The minimum Gasteiger partial charge on any atom is -0.348 e. The van der Waals surface area contributed by atoms with Crippen LogP contribution in [-0.2, 0) is 11.2 Å². The second kappa shape index (κ2) is 7.25. The van der Waals surface area contributed by atoms with Gasteiger partial charge in [-0.25, -0.2) is 0 Å². The van der Waals surface area contributed by atoms with Crippen molar-refractivity contribution in [1.82, 2.24) is 5.32 Å². The molecule has 2 rings (SSSR count). The predicted octanol–water partition coefficient (Wildman–Crippen LogP) is 3.09. The summed E-state index contributed by atoms with van der Waals surface area (Å²) >= 11 is 5.86. The van der Waals surface area contributed by atoms with Crippen LogP contribution in [0.1, 0.15) is 24.1 Å². The zero-order chi connectivity index (χ0) is 15.2. The third kappa shape index (κ3) is 4.59. The van der Waals surface area contributed by atoms with Gasteiger partial charge in [0.15, 0.2) is 0 Å². The Labute approximate surface area is 130 Å². The molecule has 0 radical (unpaired) electrons. The summed E-state index contributed by atoms with van der Waals surface area (Å²) in [4.78, 5) is 12.1. The normalized spacial score (nSPS) is 13.5. The first-order valence-electron chi connectivity index (χ1n) is 6.91. The van der Waals surface area contributed by atoms with Gasteiger partial charge in [-0.15, -0.1) is 0 Å². The highest BCUT2D eigenvalue weighted by Gasteiger charge is 2.16. The second-order valence-electron chi connectivity index (χ2n) is 5.08. The number of benzene rings is 2. The first-order valence-corrected chi connectivity index (χ1v) is 7.29. The lowest BCUT2D eigenvalue weighted by Gasteiger charge is -2.18. The predicted molar refractivity (Wildman–Crippen MR) is 86.1 cm³/mol. The summed E-state index contributed by atoms with van der Waals surface area (Å²) < 4.78 is 0. The first-order chi connectivity index (χ1) is 10.1. The van der Waals surface area contributed by atoms with Gasteiger partial charge in [0.2, 0.25) is 5.91 Å². The van der Waals surface area contributed by atoms with Crippen molar-refractivity contribution in [3.05, 3.63) is 70.7 Å². The average Bonchev–Trinajstić information content (AvgIpc) is 2.48. The van der Waals surface area contributed by atoms with E-state index in [9.17, 15) is 4.79 Å². The van der Waals surface area contributed by atoms with E-state index in [4.69, 9.17) is 17.3 Å². The van der Waals surface area contributed by atoms with Crippen molar-refractivity contribution in [3.63, 3.8) is 0 Å². The molecule has 0 spiro atoms. The lowest BCUT2D eigenvalue weighted by molar-refractivity contribution is -0.123. The van der Waals surface area contributed by atoms with Crippen molar-refractivity contribution in [2.24, 2.45) is 5.73 Å². The van der Waals surface area contributed by atoms with Gasteiger partial charge in [-0.3, -0.25) is 4.79 Å². The van der Waals surface area contributed by atoms with Gasteiger partial charge in [-0.1, -0.05) is 54.1 Å². The number of rotatable bonds is 5. The van der Waals surface area contributed by atoms with E-state index in [0.29, 0.717) is 11.4 Å². The van der Waals surface area contributed by atoms with Gasteiger partial charge in [0.05, 0.1) is 12.1 Å². The van der Waals surface area contributed by atoms with E-state index in [1.165, 1.54) is 0 Å². The van der Waals surface area contributed by atoms with Crippen LogP contribution >= 0.6 is 11.6 Å². The molecule has 0 heterocycles. The molecule has 3 N–H and O–H groups in total. The molecule has 21 heavy (non-hydrogen) atoms. The molecule has 2 aromatic rings. The highest BCUT2D eigenvalue weighted by Crippen LogP contribution is 2.16. The number of carbonyl (C=O) groups excluding carboxylic acids is 1. The number of amides is 1. The lowest BCUT2D eigenvalue weighted by atomic mass is 10.0. The van der Waals surface area contributed by atoms with E-state index in [0.717, 1.165) is 11.1 Å². The zero-order valence-electron chi connectivity index (χ0n) is 11.9. The monoisotopic (exact) mass is 302 g/mol. The summed E-state index contributed by atoms with van der Waals surface area (Å²) in [6.45, 7) is 1.93. The number of hydrogen-bond acceptors (Lipinski definition) is 2. The van der Waals surface area contributed by atoms with Gasteiger partial charge in [-0.05, 0) is 36.6 Å². The fraction of sp³-hybridized carbons (Fsp3) is 0.235. The van der Waals surface area contributed by atoms with Crippen LogP contribution in [0.25, 0.3) is 0 Å². The Hall–Kier alpha value is -1.84. The zero-order valence-corrected chi connectivity index (χ0v) is 12.7. The molecule has 0 aliphatic heterocycles. The Morgan fingerprint density at radius 3 is 2.38 bits per heavy atom. The van der Waals surface area contributed by atoms with Crippen molar-refractivity contribution in [2.45, 2.75) is 25.4 Å². The molecule has 0 bridgehead atoms. The molecule has 2 atom stereocenters. The van der Waals surface area contributed by atoms with Gasteiger partial charge in [-0.2, -0.15) is 0 Å². The molecular formula is C17H19ClN2O. The molecule has 0 aliphatic rings. The number of nitrogens with one attached hydrogen (secondary N) is 1. The summed E-state index contributed by atoms with van der Waals surface area (Å²) in [7, 11) is 0. The summed E-state index contributed by atoms with van der Waals surface area (Å²) in [6, 6.07) is 16.5. The highest BCUT2D eigenvalue weighted by atomic mass is 35.5. The molecule has 2 aromatic carbocycles. The summed E-state index contributed by atoms with van der Waals surface area (Å²) in [5, 5.41) is 3.61. The lowest BCUT2D eigenvalue weighted by Crippen LogP contribution is -2.42. The van der Waals surface area contributed by atoms with Crippen LogP contribution in [0.15, 0.2) is 54.6 Å². The molecular weight excluding hydrogens is 284 g/mol. The van der Waals surface area contributed by atoms with Crippen LogP contribution < -0.4 is 11.1 Å². The van der Waals surface area contributed by atoms with Crippen molar-refractivity contribution < 1.29 is 4.79 Å². The van der Waals surface area contributed by atoms with Crippen molar-refractivity contribution in [1.29, 1.82) is 0 Å². The minimum atomic E-state index is -0.554. The van der Waals surface area contributed by atoms with Crippen LogP contribution in [0.2, 0.25) is 5.02 Å².